The fraction of sp³-hybridized carbons (Fsp3) is 0.312. The van der Waals surface area contributed by atoms with Gasteiger partial charge in [-0.2, -0.15) is 0 Å². The van der Waals surface area contributed by atoms with Crippen molar-refractivity contribution in [3.8, 4) is 0 Å². The van der Waals surface area contributed by atoms with Gasteiger partial charge in [0.1, 0.15) is 17.8 Å². The lowest BCUT2D eigenvalue weighted by atomic mass is 10.2. The molecule has 1 aromatic heterocycles. The Labute approximate surface area is 141 Å². The van der Waals surface area contributed by atoms with E-state index >= 15 is 0 Å². The molecule has 0 saturated carbocycles. The van der Waals surface area contributed by atoms with Gasteiger partial charge >= 0.3 is 0 Å². The van der Waals surface area contributed by atoms with Gasteiger partial charge in [-0.3, -0.25) is 4.79 Å². The van der Waals surface area contributed by atoms with Crippen LogP contribution in [0.25, 0.3) is 0 Å². The van der Waals surface area contributed by atoms with E-state index in [0.717, 1.165) is 31.6 Å². The average Bonchev–Trinajstić information content (AvgIpc) is 3.14. The van der Waals surface area contributed by atoms with Gasteiger partial charge in [0.2, 0.25) is 0 Å². The first-order valence-electron chi connectivity index (χ1n) is 7.67. The summed E-state index contributed by atoms with van der Waals surface area (Å²) >= 11 is 0. The minimum Gasteiger partial charge on any atom is -0.376 e. The lowest BCUT2D eigenvalue weighted by Crippen LogP contribution is -2.20. The molecule has 0 spiro atoms. The third-order valence-electron chi connectivity index (χ3n) is 3.72. The van der Waals surface area contributed by atoms with Gasteiger partial charge in [-0.05, 0) is 25.0 Å². The summed E-state index contributed by atoms with van der Waals surface area (Å²) in [5, 5.41) is 5.19. The molecule has 1 aliphatic rings. The van der Waals surface area contributed by atoms with Gasteiger partial charge in [0, 0.05) is 19.2 Å². The van der Waals surface area contributed by atoms with Crippen LogP contribution >= 0.6 is 0 Å². The predicted molar refractivity (Wildman–Crippen MR) is 83.8 cm³/mol. The van der Waals surface area contributed by atoms with Crippen molar-refractivity contribution in [1.29, 1.82) is 0 Å². The summed E-state index contributed by atoms with van der Waals surface area (Å²) in [5.41, 5.74) is -0.523. The minimum atomic E-state index is -1.65. The van der Waals surface area contributed by atoms with Gasteiger partial charge in [0.25, 0.3) is 5.91 Å². The van der Waals surface area contributed by atoms with Gasteiger partial charge in [0.05, 0.1) is 11.8 Å². The Hall–Kier alpha value is -2.68. The van der Waals surface area contributed by atoms with Crippen LogP contribution in [0.4, 0.5) is 24.7 Å². The Morgan fingerprint density at radius 3 is 2.84 bits per heavy atom. The molecule has 0 bridgehead atoms. The van der Waals surface area contributed by atoms with Crippen LogP contribution in [0.1, 0.15) is 23.3 Å². The summed E-state index contributed by atoms with van der Waals surface area (Å²) in [6.07, 6.45) is 3.21. The monoisotopic (exact) mass is 352 g/mol. The second-order valence-corrected chi connectivity index (χ2v) is 5.48. The van der Waals surface area contributed by atoms with Crippen LogP contribution in [0.3, 0.4) is 0 Å². The van der Waals surface area contributed by atoms with E-state index in [0.29, 0.717) is 12.4 Å². The van der Waals surface area contributed by atoms with E-state index in [1.54, 1.807) is 0 Å². The maximum atomic E-state index is 13.6. The first kappa shape index (κ1) is 17.2. The maximum absolute atomic E-state index is 13.6. The average molecular weight is 352 g/mol. The van der Waals surface area contributed by atoms with Crippen molar-refractivity contribution in [2.45, 2.75) is 18.9 Å². The second kappa shape index (κ2) is 7.47. The zero-order chi connectivity index (χ0) is 17.8. The third-order valence-corrected chi connectivity index (χ3v) is 3.72. The van der Waals surface area contributed by atoms with Gasteiger partial charge in [-0.1, -0.05) is 0 Å². The Bertz CT molecular complexity index is 782. The zero-order valence-electron chi connectivity index (χ0n) is 13.1. The number of carbonyl (C=O) groups excluding carboxylic acids is 1. The summed E-state index contributed by atoms with van der Waals surface area (Å²) < 4.78 is 45.2. The van der Waals surface area contributed by atoms with Crippen molar-refractivity contribution in [2.24, 2.45) is 0 Å². The summed E-state index contributed by atoms with van der Waals surface area (Å²) in [7, 11) is 0. The quantitative estimate of drug-likeness (QED) is 0.810. The number of hydrogen-bond donors (Lipinski definition) is 2. The van der Waals surface area contributed by atoms with Crippen LogP contribution in [0.2, 0.25) is 0 Å². The van der Waals surface area contributed by atoms with Crippen molar-refractivity contribution in [1.82, 2.24) is 9.97 Å². The minimum absolute atomic E-state index is 0.0472. The van der Waals surface area contributed by atoms with E-state index in [4.69, 9.17) is 4.74 Å². The molecule has 25 heavy (non-hydrogen) atoms. The highest BCUT2D eigenvalue weighted by molar-refractivity contribution is 6.03. The summed E-state index contributed by atoms with van der Waals surface area (Å²) in [6, 6.07) is 3.04. The number of benzene rings is 1. The molecule has 1 atom stereocenters. The van der Waals surface area contributed by atoms with E-state index in [-0.39, 0.29) is 11.8 Å². The normalized spacial score (nSPS) is 16.7. The highest BCUT2D eigenvalue weighted by Gasteiger charge is 2.18. The summed E-state index contributed by atoms with van der Waals surface area (Å²) in [4.78, 5) is 19.9. The lowest BCUT2D eigenvalue weighted by molar-refractivity contribution is 0.102. The Morgan fingerprint density at radius 2 is 2.08 bits per heavy atom. The van der Waals surface area contributed by atoms with E-state index < -0.39 is 29.0 Å². The highest BCUT2D eigenvalue weighted by Crippen LogP contribution is 2.20. The first-order valence-corrected chi connectivity index (χ1v) is 7.67. The molecule has 2 N–H and O–H groups in total. The lowest BCUT2D eigenvalue weighted by Gasteiger charge is -2.11. The molecule has 6 nitrogen and oxygen atoms in total. The molecular weight excluding hydrogens is 337 g/mol. The number of carbonyl (C=O) groups is 1. The Kier molecular flexibility index (Phi) is 5.13. The number of ether oxygens (including phenoxy) is 1. The molecule has 3 rings (SSSR count). The Balaban J connectivity index is 1.67. The topological polar surface area (TPSA) is 76.1 Å². The first-order chi connectivity index (χ1) is 12.0. The molecular formula is C16H15F3N4O2. The number of aromatic nitrogens is 2. The van der Waals surface area contributed by atoms with Crippen molar-refractivity contribution < 1.29 is 22.7 Å². The molecule has 1 amide bonds. The molecule has 1 fully saturated rings. The van der Waals surface area contributed by atoms with Crippen molar-refractivity contribution >= 4 is 17.4 Å². The SMILES string of the molecule is O=C(Nc1ccc(F)c(F)c1F)c1cc(NCC2CCCO2)ncn1. The number of halogens is 3. The molecule has 0 aliphatic carbocycles. The molecule has 1 saturated heterocycles. The predicted octanol–water partition coefficient (Wildman–Crippen LogP) is 2.74. The van der Waals surface area contributed by atoms with Crippen LogP contribution in [0, 0.1) is 17.5 Å². The van der Waals surface area contributed by atoms with Gasteiger partial charge < -0.3 is 15.4 Å². The number of amides is 1. The third kappa shape index (κ3) is 4.05. The molecule has 0 radical (unpaired) electrons. The molecule has 132 valence electrons. The number of nitrogens with zero attached hydrogens (tertiary/aromatic N) is 2. The molecule has 9 heteroatoms. The smallest absolute Gasteiger partial charge is 0.274 e. The van der Waals surface area contributed by atoms with Crippen LogP contribution in [0.15, 0.2) is 24.5 Å². The molecule has 1 aromatic carbocycles. The molecule has 1 unspecified atom stereocenters. The van der Waals surface area contributed by atoms with Gasteiger partial charge in [-0.15, -0.1) is 0 Å². The fourth-order valence-electron chi connectivity index (χ4n) is 2.41. The second-order valence-electron chi connectivity index (χ2n) is 5.48. The van der Waals surface area contributed by atoms with Crippen LogP contribution in [0.5, 0.6) is 0 Å². The van der Waals surface area contributed by atoms with E-state index in [1.165, 1.54) is 12.4 Å². The van der Waals surface area contributed by atoms with E-state index in [2.05, 4.69) is 20.6 Å². The number of rotatable bonds is 5. The van der Waals surface area contributed by atoms with Crippen LogP contribution < -0.4 is 10.6 Å². The standard InChI is InChI=1S/C16H15F3N4O2/c17-10-3-4-11(15(19)14(10)18)23-16(24)12-6-13(22-8-21-12)20-7-9-2-1-5-25-9/h3-4,6,8-9H,1-2,5,7H2,(H,23,24)(H,20,21,22). The van der Waals surface area contributed by atoms with Crippen LogP contribution in [-0.4, -0.2) is 35.1 Å². The van der Waals surface area contributed by atoms with Gasteiger partial charge in [0.15, 0.2) is 17.5 Å². The maximum Gasteiger partial charge on any atom is 0.274 e. The highest BCUT2D eigenvalue weighted by atomic mass is 19.2. The number of hydrogen-bond acceptors (Lipinski definition) is 5. The summed E-state index contributed by atoms with van der Waals surface area (Å²) in [6.45, 7) is 1.26. The van der Waals surface area contributed by atoms with Crippen molar-refractivity contribution in [3.63, 3.8) is 0 Å². The largest absolute Gasteiger partial charge is 0.376 e. The van der Waals surface area contributed by atoms with Crippen LogP contribution in [-0.2, 0) is 4.74 Å². The number of anilines is 2. The molecule has 2 aromatic rings. The molecule has 2 heterocycles. The van der Waals surface area contributed by atoms with Gasteiger partial charge in [-0.25, -0.2) is 23.1 Å². The zero-order valence-corrected chi connectivity index (χ0v) is 13.1. The summed E-state index contributed by atoms with van der Waals surface area (Å²) in [5.74, 6) is -4.83. The fourth-order valence-corrected chi connectivity index (χ4v) is 2.41. The van der Waals surface area contributed by atoms with Crippen molar-refractivity contribution in [2.75, 3.05) is 23.8 Å². The number of nitrogens with one attached hydrogen (secondary N) is 2. The molecule has 1 aliphatic heterocycles. The Morgan fingerprint density at radius 1 is 1.24 bits per heavy atom. The van der Waals surface area contributed by atoms with Crippen molar-refractivity contribution in [3.05, 3.63) is 47.7 Å². The van der Waals surface area contributed by atoms with E-state index in [9.17, 15) is 18.0 Å². The van der Waals surface area contributed by atoms with E-state index in [1.807, 2.05) is 0 Å².